The van der Waals surface area contributed by atoms with Gasteiger partial charge in [0.1, 0.15) is 0 Å². The molecular weight excluding hydrogens is 472 g/mol. The molecule has 0 saturated carbocycles. The summed E-state index contributed by atoms with van der Waals surface area (Å²) in [6.07, 6.45) is 0. The molecule has 0 aliphatic carbocycles. The highest BCUT2D eigenvalue weighted by Gasteiger charge is 2.27. The van der Waals surface area contributed by atoms with Gasteiger partial charge in [-0.1, -0.05) is 59.7 Å². The van der Waals surface area contributed by atoms with Crippen LogP contribution in [-0.2, 0) is 19.1 Å². The average Bonchev–Trinajstić information content (AvgIpc) is 2.81. The molecule has 0 spiro atoms. The van der Waals surface area contributed by atoms with E-state index in [2.05, 4.69) is 0 Å². The van der Waals surface area contributed by atoms with Crippen molar-refractivity contribution in [2.75, 3.05) is 24.7 Å². The zero-order chi connectivity index (χ0) is 25.1. The van der Waals surface area contributed by atoms with Crippen molar-refractivity contribution in [3.8, 4) is 0 Å². The van der Waals surface area contributed by atoms with Crippen molar-refractivity contribution in [1.82, 2.24) is 0 Å². The summed E-state index contributed by atoms with van der Waals surface area (Å²) in [5.74, 6) is -2.13. The summed E-state index contributed by atoms with van der Waals surface area (Å²) in [5, 5.41) is 0. The van der Waals surface area contributed by atoms with E-state index in [1.54, 1.807) is 62.4 Å². The maximum absolute atomic E-state index is 13.6. The number of carbonyl (C=O) groups is 4. The van der Waals surface area contributed by atoms with Crippen molar-refractivity contribution >= 4 is 47.0 Å². The fourth-order valence-corrected chi connectivity index (χ4v) is 4.84. The van der Waals surface area contributed by atoms with Gasteiger partial charge in [0.05, 0.1) is 34.5 Å². The molecule has 0 atom stereocenters. The van der Waals surface area contributed by atoms with E-state index in [9.17, 15) is 19.2 Å². The Hall–Kier alpha value is -2.84. The largest absolute Gasteiger partial charge is 0.465 e. The summed E-state index contributed by atoms with van der Waals surface area (Å²) in [4.78, 5) is 51.2. The van der Waals surface area contributed by atoms with Gasteiger partial charge >= 0.3 is 11.9 Å². The lowest BCUT2D eigenvalue weighted by Crippen LogP contribution is -2.17. The Labute approximate surface area is 208 Å². The number of esters is 2. The number of benzene rings is 2. The van der Waals surface area contributed by atoms with Gasteiger partial charge in [0.25, 0.3) is 0 Å². The van der Waals surface area contributed by atoms with Crippen molar-refractivity contribution < 1.29 is 28.7 Å². The molecule has 0 saturated heterocycles. The number of thioether (sulfide) groups is 2. The van der Waals surface area contributed by atoms with Crippen molar-refractivity contribution in [1.29, 1.82) is 0 Å². The smallest absolute Gasteiger partial charge is 0.316 e. The molecule has 0 heterocycles. The molecular formula is C26H28O6S2. The van der Waals surface area contributed by atoms with E-state index in [4.69, 9.17) is 9.47 Å². The molecule has 0 aliphatic heterocycles. The second-order valence-corrected chi connectivity index (χ2v) is 9.47. The molecule has 2 aromatic carbocycles. The first kappa shape index (κ1) is 27.4. The van der Waals surface area contributed by atoms with Crippen molar-refractivity contribution in [3.63, 3.8) is 0 Å². The second kappa shape index (κ2) is 13.8. The third-order valence-electron chi connectivity index (χ3n) is 4.54. The summed E-state index contributed by atoms with van der Waals surface area (Å²) < 4.78 is 10.3. The number of Topliss-reactive ketones (excluding diaryl/α,β-unsaturated/α-hetero) is 2. The number of rotatable bonds is 12. The number of ketones is 2. The summed E-state index contributed by atoms with van der Waals surface area (Å²) in [6.45, 7) is 7.62. The first-order valence-corrected chi connectivity index (χ1v) is 12.8. The predicted molar refractivity (Wildman–Crippen MR) is 136 cm³/mol. The number of allylic oxidation sites excluding steroid dienone is 1. The molecule has 34 heavy (non-hydrogen) atoms. The highest BCUT2D eigenvalue weighted by Crippen LogP contribution is 2.35. The van der Waals surface area contributed by atoms with E-state index in [-0.39, 0.29) is 34.5 Å². The molecule has 0 fully saturated rings. The Morgan fingerprint density at radius 2 is 1.00 bits per heavy atom. The summed E-state index contributed by atoms with van der Waals surface area (Å²) >= 11 is 2.02. The zero-order valence-electron chi connectivity index (χ0n) is 19.7. The number of hydrogen-bond acceptors (Lipinski definition) is 8. The van der Waals surface area contributed by atoms with Crippen LogP contribution in [-0.4, -0.2) is 48.2 Å². The van der Waals surface area contributed by atoms with Crippen LogP contribution < -0.4 is 0 Å². The topological polar surface area (TPSA) is 86.7 Å². The highest BCUT2D eigenvalue weighted by atomic mass is 32.2. The van der Waals surface area contributed by atoms with Crippen LogP contribution in [0.3, 0.4) is 0 Å². The Kier molecular flexibility index (Phi) is 11.1. The van der Waals surface area contributed by atoms with Crippen molar-refractivity contribution in [2.45, 2.75) is 27.7 Å². The lowest BCUT2D eigenvalue weighted by atomic mass is 9.96. The molecule has 180 valence electrons. The molecule has 8 heteroatoms. The number of aryl methyl sites for hydroxylation is 2. The van der Waals surface area contributed by atoms with E-state index in [1.807, 2.05) is 13.8 Å². The minimum Gasteiger partial charge on any atom is -0.465 e. The van der Waals surface area contributed by atoms with Gasteiger partial charge in [-0.2, -0.15) is 0 Å². The SMILES string of the molecule is CCOC(=O)CSC(SCC(=O)OCC)=C(C(=O)c1ccc(C)cc1)C(=O)c1ccc(C)cc1. The minimum atomic E-state index is -0.480. The predicted octanol–water partition coefficient (Wildman–Crippen LogP) is 5.17. The van der Waals surface area contributed by atoms with Gasteiger partial charge in [-0.3, -0.25) is 19.2 Å². The van der Waals surface area contributed by atoms with Gasteiger partial charge in [0.2, 0.25) is 0 Å². The molecule has 2 aromatic rings. The van der Waals surface area contributed by atoms with E-state index >= 15 is 0 Å². The van der Waals surface area contributed by atoms with E-state index < -0.39 is 23.5 Å². The lowest BCUT2D eigenvalue weighted by Gasteiger charge is -2.14. The van der Waals surface area contributed by atoms with Crippen LogP contribution in [0.1, 0.15) is 45.7 Å². The fourth-order valence-electron chi connectivity index (χ4n) is 2.83. The van der Waals surface area contributed by atoms with Crippen LogP contribution in [0.2, 0.25) is 0 Å². The first-order chi connectivity index (χ1) is 16.3. The Morgan fingerprint density at radius 3 is 1.32 bits per heavy atom. The van der Waals surface area contributed by atoms with Crippen molar-refractivity contribution in [3.05, 3.63) is 80.6 Å². The lowest BCUT2D eigenvalue weighted by molar-refractivity contribution is -0.140. The van der Waals surface area contributed by atoms with Crippen LogP contribution in [0.25, 0.3) is 0 Å². The second-order valence-electron chi connectivity index (χ2n) is 7.24. The van der Waals surface area contributed by atoms with Crippen LogP contribution in [0.15, 0.2) is 58.3 Å². The van der Waals surface area contributed by atoms with E-state index in [1.165, 1.54) is 0 Å². The molecule has 0 N–H and O–H groups in total. The normalized spacial score (nSPS) is 10.4. The molecule has 0 aromatic heterocycles. The monoisotopic (exact) mass is 500 g/mol. The minimum absolute atomic E-state index is 0.0868. The number of carbonyl (C=O) groups excluding carboxylic acids is 4. The average molecular weight is 501 g/mol. The standard InChI is InChI=1S/C26H28O6S2/c1-5-31-21(27)15-33-26(34-16-22(28)32-6-2)23(24(29)19-11-7-17(3)8-12-19)25(30)20-13-9-18(4)10-14-20/h7-14H,5-6,15-16H2,1-4H3. The van der Waals surface area contributed by atoms with Gasteiger partial charge in [-0.25, -0.2) is 0 Å². The molecule has 0 amide bonds. The van der Waals surface area contributed by atoms with Gasteiger partial charge in [0, 0.05) is 11.1 Å². The summed E-state index contributed by atoms with van der Waals surface area (Å²) in [5.41, 5.74) is 2.54. The maximum atomic E-state index is 13.6. The third kappa shape index (κ3) is 8.18. The quantitative estimate of drug-likeness (QED) is 0.130. The maximum Gasteiger partial charge on any atom is 0.316 e. The molecule has 0 unspecified atom stereocenters. The van der Waals surface area contributed by atoms with Crippen LogP contribution in [0.5, 0.6) is 0 Å². The van der Waals surface area contributed by atoms with Gasteiger partial charge < -0.3 is 9.47 Å². The Balaban J connectivity index is 2.56. The molecule has 0 radical (unpaired) electrons. The van der Waals surface area contributed by atoms with E-state index in [0.29, 0.717) is 11.1 Å². The molecule has 0 bridgehead atoms. The van der Waals surface area contributed by atoms with Gasteiger partial charge in [-0.15, -0.1) is 23.5 Å². The van der Waals surface area contributed by atoms with Crippen molar-refractivity contribution in [2.24, 2.45) is 0 Å². The zero-order valence-corrected chi connectivity index (χ0v) is 21.3. The third-order valence-corrected chi connectivity index (χ3v) is 6.94. The van der Waals surface area contributed by atoms with Gasteiger partial charge in [-0.05, 0) is 27.7 Å². The highest BCUT2D eigenvalue weighted by molar-refractivity contribution is 8.22. The molecule has 2 rings (SSSR count). The Bertz CT molecular complexity index is 972. The van der Waals surface area contributed by atoms with E-state index in [0.717, 1.165) is 34.7 Å². The fraction of sp³-hybridized carbons (Fsp3) is 0.308. The Morgan fingerprint density at radius 1 is 0.647 bits per heavy atom. The molecule has 6 nitrogen and oxygen atoms in total. The van der Waals surface area contributed by atoms with Crippen LogP contribution >= 0.6 is 23.5 Å². The number of hydrogen-bond donors (Lipinski definition) is 0. The first-order valence-electron chi connectivity index (χ1n) is 10.8. The van der Waals surface area contributed by atoms with Crippen LogP contribution in [0.4, 0.5) is 0 Å². The van der Waals surface area contributed by atoms with Crippen LogP contribution in [0, 0.1) is 13.8 Å². The number of ether oxygens (including phenoxy) is 2. The van der Waals surface area contributed by atoms with Gasteiger partial charge in [0.15, 0.2) is 11.6 Å². The summed E-state index contributed by atoms with van der Waals surface area (Å²) in [6, 6.07) is 13.8. The molecule has 0 aliphatic rings. The summed E-state index contributed by atoms with van der Waals surface area (Å²) in [7, 11) is 0.